The monoisotopic (exact) mass is 385 g/mol. The first-order valence-electron chi connectivity index (χ1n) is 9.30. The number of nitrogens with one attached hydrogen (secondary N) is 1. The molecule has 1 amide bonds. The van der Waals surface area contributed by atoms with Crippen molar-refractivity contribution in [1.82, 2.24) is 4.90 Å². The van der Waals surface area contributed by atoms with Crippen LogP contribution in [0.15, 0.2) is 24.3 Å². The third-order valence-electron chi connectivity index (χ3n) is 5.19. The lowest BCUT2D eigenvalue weighted by Crippen LogP contribution is -2.39. The molecule has 0 fully saturated rings. The number of likely N-dealkylation sites (N-methyl/N-ethyl adjacent to an activating group) is 1. The van der Waals surface area contributed by atoms with E-state index in [0.717, 1.165) is 31.2 Å². The maximum absolute atomic E-state index is 13.9. The van der Waals surface area contributed by atoms with E-state index in [1.165, 1.54) is 28.7 Å². The SMILES string of the molecule is CC(C(=O)Nc1sc2c(c1C#N)CCCCC2)N(C)Cc1ccccc1F. The molecule has 1 atom stereocenters. The van der Waals surface area contributed by atoms with Gasteiger partial charge in [0.25, 0.3) is 0 Å². The number of halogens is 1. The van der Waals surface area contributed by atoms with Gasteiger partial charge in [0.05, 0.1) is 11.6 Å². The lowest BCUT2D eigenvalue weighted by molar-refractivity contribution is -0.120. The molecule has 3 rings (SSSR count). The molecule has 0 saturated carbocycles. The number of rotatable bonds is 5. The summed E-state index contributed by atoms with van der Waals surface area (Å²) in [7, 11) is 1.80. The molecule has 1 aliphatic carbocycles. The van der Waals surface area contributed by atoms with Crippen molar-refractivity contribution in [3.63, 3.8) is 0 Å². The maximum Gasteiger partial charge on any atom is 0.242 e. The van der Waals surface area contributed by atoms with Crippen LogP contribution in [-0.2, 0) is 24.2 Å². The van der Waals surface area contributed by atoms with E-state index in [-0.39, 0.29) is 11.7 Å². The van der Waals surface area contributed by atoms with Gasteiger partial charge in [0, 0.05) is 17.0 Å². The largest absolute Gasteiger partial charge is 0.315 e. The number of nitrogens with zero attached hydrogens (tertiary/aromatic N) is 2. The van der Waals surface area contributed by atoms with E-state index in [1.54, 1.807) is 37.1 Å². The molecule has 1 aromatic heterocycles. The number of carbonyl (C=O) groups is 1. The Hall–Kier alpha value is -2.23. The van der Waals surface area contributed by atoms with Crippen molar-refractivity contribution in [3.05, 3.63) is 51.7 Å². The van der Waals surface area contributed by atoms with Gasteiger partial charge in [-0.15, -0.1) is 11.3 Å². The fourth-order valence-electron chi connectivity index (χ4n) is 3.40. The molecule has 0 bridgehead atoms. The number of anilines is 1. The molecule has 1 aromatic carbocycles. The van der Waals surface area contributed by atoms with Crippen molar-refractivity contribution in [2.75, 3.05) is 12.4 Å². The molecule has 0 aliphatic heterocycles. The highest BCUT2D eigenvalue weighted by molar-refractivity contribution is 7.16. The van der Waals surface area contributed by atoms with Gasteiger partial charge in [-0.25, -0.2) is 4.39 Å². The Labute approximate surface area is 163 Å². The first-order chi connectivity index (χ1) is 13.0. The third kappa shape index (κ3) is 4.37. The lowest BCUT2D eigenvalue weighted by Gasteiger charge is -2.24. The number of hydrogen-bond acceptors (Lipinski definition) is 4. The molecule has 2 aromatic rings. The van der Waals surface area contributed by atoms with Crippen LogP contribution in [0.25, 0.3) is 0 Å². The number of carbonyl (C=O) groups excluding carboxylic acids is 1. The molecule has 1 heterocycles. The summed E-state index contributed by atoms with van der Waals surface area (Å²) in [6, 6.07) is 8.42. The third-order valence-corrected chi connectivity index (χ3v) is 6.40. The summed E-state index contributed by atoms with van der Waals surface area (Å²) < 4.78 is 13.9. The number of amides is 1. The second-order valence-electron chi connectivity index (χ2n) is 7.05. The van der Waals surface area contributed by atoms with E-state index in [2.05, 4.69) is 11.4 Å². The fraction of sp³-hybridized carbons (Fsp3) is 0.429. The molecule has 142 valence electrons. The summed E-state index contributed by atoms with van der Waals surface area (Å²) in [5.41, 5.74) is 2.29. The van der Waals surface area contributed by atoms with E-state index in [9.17, 15) is 14.4 Å². The summed E-state index contributed by atoms with van der Waals surface area (Å²) in [5, 5.41) is 13.2. The van der Waals surface area contributed by atoms with Gasteiger partial charge < -0.3 is 5.32 Å². The van der Waals surface area contributed by atoms with Crippen LogP contribution in [0.4, 0.5) is 9.39 Å². The highest BCUT2D eigenvalue weighted by atomic mass is 32.1. The molecule has 0 radical (unpaired) electrons. The molecule has 6 heteroatoms. The summed E-state index contributed by atoms with van der Waals surface area (Å²) >= 11 is 1.53. The van der Waals surface area contributed by atoms with Gasteiger partial charge in [-0.05, 0) is 51.3 Å². The smallest absolute Gasteiger partial charge is 0.242 e. The highest BCUT2D eigenvalue weighted by Gasteiger charge is 2.24. The average Bonchev–Trinajstić information content (AvgIpc) is 2.82. The Kier molecular flexibility index (Phi) is 6.25. The topological polar surface area (TPSA) is 56.1 Å². The van der Waals surface area contributed by atoms with Crippen molar-refractivity contribution < 1.29 is 9.18 Å². The molecule has 1 N–H and O–H groups in total. The zero-order valence-corrected chi connectivity index (χ0v) is 16.5. The minimum Gasteiger partial charge on any atom is -0.315 e. The first-order valence-corrected chi connectivity index (χ1v) is 10.1. The number of thiophene rings is 1. The zero-order chi connectivity index (χ0) is 19.4. The van der Waals surface area contributed by atoms with Crippen LogP contribution < -0.4 is 5.32 Å². The van der Waals surface area contributed by atoms with Crippen LogP contribution in [0.2, 0.25) is 0 Å². The molecular formula is C21H24FN3OS. The van der Waals surface area contributed by atoms with Gasteiger partial charge in [-0.1, -0.05) is 24.6 Å². The van der Waals surface area contributed by atoms with E-state index < -0.39 is 6.04 Å². The second kappa shape index (κ2) is 8.64. The summed E-state index contributed by atoms with van der Waals surface area (Å²) in [4.78, 5) is 15.8. The number of aryl methyl sites for hydroxylation is 1. The fourth-order valence-corrected chi connectivity index (χ4v) is 4.64. The van der Waals surface area contributed by atoms with E-state index in [1.807, 2.05) is 0 Å². The van der Waals surface area contributed by atoms with E-state index in [0.29, 0.717) is 22.7 Å². The molecule has 0 spiro atoms. The molecule has 4 nitrogen and oxygen atoms in total. The number of hydrogen-bond donors (Lipinski definition) is 1. The van der Waals surface area contributed by atoms with Gasteiger partial charge in [0.15, 0.2) is 0 Å². The number of fused-ring (bicyclic) bond motifs is 1. The maximum atomic E-state index is 13.9. The minimum atomic E-state index is -0.446. The van der Waals surface area contributed by atoms with Crippen molar-refractivity contribution >= 4 is 22.2 Å². The van der Waals surface area contributed by atoms with Gasteiger partial charge in [-0.3, -0.25) is 9.69 Å². The zero-order valence-electron chi connectivity index (χ0n) is 15.7. The van der Waals surface area contributed by atoms with Crippen LogP contribution in [0.1, 0.15) is 47.8 Å². The number of benzene rings is 1. The predicted molar refractivity (Wildman–Crippen MR) is 106 cm³/mol. The molecule has 0 saturated heterocycles. The molecule has 27 heavy (non-hydrogen) atoms. The number of nitriles is 1. The summed E-state index contributed by atoms with van der Waals surface area (Å²) in [6.45, 7) is 2.13. The summed E-state index contributed by atoms with van der Waals surface area (Å²) in [5.74, 6) is -0.451. The Bertz CT molecular complexity index is 871. The lowest BCUT2D eigenvalue weighted by atomic mass is 10.1. The Morgan fingerprint density at radius 1 is 1.33 bits per heavy atom. The Morgan fingerprint density at radius 3 is 2.81 bits per heavy atom. The van der Waals surface area contributed by atoms with Crippen LogP contribution in [0, 0.1) is 17.1 Å². The molecule has 1 unspecified atom stereocenters. The first kappa shape index (κ1) is 19.5. The Morgan fingerprint density at radius 2 is 2.07 bits per heavy atom. The molecular weight excluding hydrogens is 361 g/mol. The highest BCUT2D eigenvalue weighted by Crippen LogP contribution is 2.37. The van der Waals surface area contributed by atoms with Gasteiger partial charge in [-0.2, -0.15) is 5.26 Å². The average molecular weight is 386 g/mol. The van der Waals surface area contributed by atoms with Crippen molar-refractivity contribution in [3.8, 4) is 6.07 Å². The normalized spacial score (nSPS) is 14.9. The van der Waals surface area contributed by atoms with Gasteiger partial charge in [0.2, 0.25) is 5.91 Å². The van der Waals surface area contributed by atoms with E-state index >= 15 is 0 Å². The van der Waals surface area contributed by atoms with Crippen LogP contribution >= 0.6 is 11.3 Å². The second-order valence-corrected chi connectivity index (χ2v) is 8.16. The van der Waals surface area contributed by atoms with Crippen LogP contribution in [0.3, 0.4) is 0 Å². The van der Waals surface area contributed by atoms with Crippen LogP contribution in [-0.4, -0.2) is 23.9 Å². The standard InChI is InChI=1S/C21H24FN3OS/c1-14(25(2)13-15-8-6-7-10-18(15)22)20(26)24-21-17(12-23)16-9-4-3-5-11-19(16)27-21/h6-8,10,14H,3-5,9,11,13H2,1-2H3,(H,24,26). The van der Waals surface area contributed by atoms with Crippen molar-refractivity contribution in [1.29, 1.82) is 5.26 Å². The quantitative estimate of drug-likeness (QED) is 0.772. The van der Waals surface area contributed by atoms with Gasteiger partial charge in [0.1, 0.15) is 16.9 Å². The Balaban J connectivity index is 1.71. The van der Waals surface area contributed by atoms with Crippen molar-refractivity contribution in [2.24, 2.45) is 0 Å². The van der Waals surface area contributed by atoms with Crippen molar-refractivity contribution in [2.45, 2.75) is 51.6 Å². The van der Waals surface area contributed by atoms with Gasteiger partial charge >= 0.3 is 0 Å². The van der Waals surface area contributed by atoms with Crippen LogP contribution in [0.5, 0.6) is 0 Å². The minimum absolute atomic E-state index is 0.179. The van der Waals surface area contributed by atoms with E-state index in [4.69, 9.17) is 0 Å². The molecule has 1 aliphatic rings. The predicted octanol–water partition coefficient (Wildman–Crippen LogP) is 4.49. The summed E-state index contributed by atoms with van der Waals surface area (Å²) in [6.07, 6.45) is 5.30.